The topological polar surface area (TPSA) is 49.8 Å². The zero-order valence-electron chi connectivity index (χ0n) is 12.2. The highest BCUT2D eigenvalue weighted by Crippen LogP contribution is 2.18. The molecule has 1 aromatic carbocycles. The van der Waals surface area contributed by atoms with Crippen LogP contribution in [0.15, 0.2) is 24.3 Å². The molecular weight excluding hydrogens is 254 g/mol. The van der Waals surface area contributed by atoms with Crippen LogP contribution in [0.4, 0.5) is 0 Å². The smallest absolute Gasteiger partial charge is 0.253 e. The van der Waals surface area contributed by atoms with E-state index in [9.17, 15) is 9.90 Å². The fourth-order valence-electron chi connectivity index (χ4n) is 2.23. The monoisotopic (exact) mass is 277 g/mol. The SMILES string of the molecule is CC(C)COc1cccc(C(=O)N2CCC(O)CC2)c1. The zero-order valence-corrected chi connectivity index (χ0v) is 12.2. The van der Waals surface area contributed by atoms with E-state index in [1.165, 1.54) is 0 Å². The molecule has 20 heavy (non-hydrogen) atoms. The summed E-state index contributed by atoms with van der Waals surface area (Å²) in [4.78, 5) is 14.2. The van der Waals surface area contributed by atoms with E-state index in [4.69, 9.17) is 4.74 Å². The van der Waals surface area contributed by atoms with Crippen LogP contribution in [0.1, 0.15) is 37.0 Å². The molecule has 1 heterocycles. The summed E-state index contributed by atoms with van der Waals surface area (Å²) in [6.45, 7) is 6.07. The van der Waals surface area contributed by atoms with Gasteiger partial charge in [0.2, 0.25) is 0 Å². The molecule has 0 unspecified atom stereocenters. The third-order valence-corrected chi connectivity index (χ3v) is 3.42. The number of aliphatic hydroxyl groups is 1. The Morgan fingerprint density at radius 2 is 2.10 bits per heavy atom. The lowest BCUT2D eigenvalue weighted by atomic mass is 10.1. The van der Waals surface area contributed by atoms with Gasteiger partial charge in [-0.3, -0.25) is 4.79 Å². The molecule has 0 saturated carbocycles. The minimum Gasteiger partial charge on any atom is -0.493 e. The third-order valence-electron chi connectivity index (χ3n) is 3.42. The molecule has 0 aliphatic carbocycles. The van der Waals surface area contributed by atoms with Gasteiger partial charge in [-0.25, -0.2) is 0 Å². The molecule has 0 aromatic heterocycles. The Hall–Kier alpha value is -1.55. The van der Waals surface area contributed by atoms with Crippen LogP contribution in [0.5, 0.6) is 5.75 Å². The van der Waals surface area contributed by atoms with Gasteiger partial charge in [-0.1, -0.05) is 19.9 Å². The number of benzene rings is 1. The number of carbonyl (C=O) groups is 1. The Morgan fingerprint density at radius 3 is 2.75 bits per heavy atom. The second-order valence-electron chi connectivity index (χ2n) is 5.76. The first-order valence-electron chi connectivity index (χ1n) is 7.26. The minimum atomic E-state index is -0.264. The quantitative estimate of drug-likeness (QED) is 0.919. The van der Waals surface area contributed by atoms with Crippen molar-refractivity contribution in [3.8, 4) is 5.75 Å². The van der Waals surface area contributed by atoms with Gasteiger partial charge in [0.05, 0.1) is 12.7 Å². The summed E-state index contributed by atoms with van der Waals surface area (Å²) in [5, 5.41) is 9.49. The van der Waals surface area contributed by atoms with Crippen molar-refractivity contribution in [1.29, 1.82) is 0 Å². The van der Waals surface area contributed by atoms with Crippen LogP contribution in [0.25, 0.3) is 0 Å². The van der Waals surface area contributed by atoms with Crippen LogP contribution in [0.2, 0.25) is 0 Å². The molecule has 1 aliphatic rings. The van der Waals surface area contributed by atoms with Crippen molar-refractivity contribution in [3.63, 3.8) is 0 Å². The fraction of sp³-hybridized carbons (Fsp3) is 0.562. The number of hydrogen-bond acceptors (Lipinski definition) is 3. The van der Waals surface area contributed by atoms with Crippen LogP contribution < -0.4 is 4.74 Å². The molecule has 1 aromatic rings. The average molecular weight is 277 g/mol. The number of rotatable bonds is 4. The van der Waals surface area contributed by atoms with Crippen molar-refractivity contribution in [2.75, 3.05) is 19.7 Å². The van der Waals surface area contributed by atoms with Gasteiger partial charge in [-0.2, -0.15) is 0 Å². The van der Waals surface area contributed by atoms with E-state index < -0.39 is 0 Å². The third kappa shape index (κ3) is 3.97. The van der Waals surface area contributed by atoms with Crippen molar-refractivity contribution < 1.29 is 14.6 Å². The summed E-state index contributed by atoms with van der Waals surface area (Å²) in [6.07, 6.45) is 1.06. The molecule has 4 nitrogen and oxygen atoms in total. The minimum absolute atomic E-state index is 0.0203. The van der Waals surface area contributed by atoms with Crippen molar-refractivity contribution in [2.24, 2.45) is 5.92 Å². The lowest BCUT2D eigenvalue weighted by molar-refractivity contribution is 0.0546. The summed E-state index contributed by atoms with van der Waals surface area (Å²) in [6, 6.07) is 7.34. The van der Waals surface area contributed by atoms with Gasteiger partial charge < -0.3 is 14.7 Å². The average Bonchev–Trinajstić information content (AvgIpc) is 2.45. The number of hydrogen-bond donors (Lipinski definition) is 1. The van der Waals surface area contributed by atoms with E-state index in [0.29, 0.717) is 44.0 Å². The van der Waals surface area contributed by atoms with E-state index >= 15 is 0 Å². The molecule has 2 rings (SSSR count). The molecular formula is C16H23NO3. The molecule has 1 fully saturated rings. The first-order valence-corrected chi connectivity index (χ1v) is 7.26. The summed E-state index contributed by atoms with van der Waals surface area (Å²) in [5.74, 6) is 1.21. The van der Waals surface area contributed by atoms with Crippen LogP contribution >= 0.6 is 0 Å². The summed E-state index contributed by atoms with van der Waals surface area (Å²) in [5.41, 5.74) is 0.655. The van der Waals surface area contributed by atoms with E-state index in [0.717, 1.165) is 5.75 Å². The van der Waals surface area contributed by atoms with E-state index in [2.05, 4.69) is 13.8 Å². The molecule has 1 saturated heterocycles. The number of ether oxygens (including phenoxy) is 1. The first-order chi connectivity index (χ1) is 9.56. The van der Waals surface area contributed by atoms with Crippen molar-refractivity contribution in [2.45, 2.75) is 32.8 Å². The summed E-state index contributed by atoms with van der Waals surface area (Å²) in [7, 11) is 0. The summed E-state index contributed by atoms with van der Waals surface area (Å²) < 4.78 is 5.65. The van der Waals surface area contributed by atoms with Gasteiger partial charge >= 0.3 is 0 Å². The molecule has 110 valence electrons. The Bertz CT molecular complexity index is 451. The maximum absolute atomic E-state index is 12.4. The van der Waals surface area contributed by atoms with E-state index in [-0.39, 0.29) is 12.0 Å². The lowest BCUT2D eigenvalue weighted by Crippen LogP contribution is -2.40. The highest BCUT2D eigenvalue weighted by molar-refractivity contribution is 5.94. The second-order valence-corrected chi connectivity index (χ2v) is 5.76. The molecule has 4 heteroatoms. The van der Waals surface area contributed by atoms with Gasteiger partial charge in [-0.15, -0.1) is 0 Å². The lowest BCUT2D eigenvalue weighted by Gasteiger charge is -2.29. The Kier molecular flexibility index (Phi) is 5.01. The molecule has 1 amide bonds. The number of piperidine rings is 1. The molecule has 0 bridgehead atoms. The standard InChI is InChI=1S/C16H23NO3/c1-12(2)11-20-15-5-3-4-13(10-15)16(19)17-8-6-14(18)7-9-17/h3-5,10,12,14,18H,6-9,11H2,1-2H3. The van der Waals surface area contributed by atoms with Gasteiger partial charge in [-0.05, 0) is 37.0 Å². The van der Waals surface area contributed by atoms with Gasteiger partial charge in [0.25, 0.3) is 5.91 Å². The van der Waals surface area contributed by atoms with E-state index in [1.54, 1.807) is 11.0 Å². The summed E-state index contributed by atoms with van der Waals surface area (Å²) >= 11 is 0. The van der Waals surface area contributed by atoms with Crippen LogP contribution in [-0.4, -0.2) is 41.7 Å². The number of likely N-dealkylation sites (tertiary alicyclic amines) is 1. The van der Waals surface area contributed by atoms with Gasteiger partial charge in [0.15, 0.2) is 0 Å². The Balaban J connectivity index is 2.00. The van der Waals surface area contributed by atoms with Crippen molar-refractivity contribution >= 4 is 5.91 Å². The Morgan fingerprint density at radius 1 is 1.40 bits per heavy atom. The van der Waals surface area contributed by atoms with Gasteiger partial charge in [0.1, 0.15) is 5.75 Å². The first kappa shape index (κ1) is 14.9. The van der Waals surface area contributed by atoms with Crippen molar-refractivity contribution in [1.82, 2.24) is 4.90 Å². The second kappa shape index (κ2) is 6.75. The predicted molar refractivity (Wildman–Crippen MR) is 77.9 cm³/mol. The van der Waals surface area contributed by atoms with E-state index in [1.807, 2.05) is 18.2 Å². The number of aliphatic hydroxyl groups excluding tert-OH is 1. The molecule has 0 radical (unpaired) electrons. The fourth-order valence-corrected chi connectivity index (χ4v) is 2.23. The molecule has 1 N–H and O–H groups in total. The highest BCUT2D eigenvalue weighted by atomic mass is 16.5. The molecule has 0 atom stereocenters. The van der Waals surface area contributed by atoms with Crippen LogP contribution in [0, 0.1) is 5.92 Å². The number of carbonyl (C=O) groups excluding carboxylic acids is 1. The van der Waals surface area contributed by atoms with Crippen molar-refractivity contribution in [3.05, 3.63) is 29.8 Å². The van der Waals surface area contributed by atoms with Gasteiger partial charge in [0, 0.05) is 18.7 Å². The predicted octanol–water partition coefficient (Wildman–Crippen LogP) is 2.32. The highest BCUT2D eigenvalue weighted by Gasteiger charge is 2.22. The number of nitrogens with zero attached hydrogens (tertiary/aromatic N) is 1. The van der Waals surface area contributed by atoms with Crippen LogP contribution in [-0.2, 0) is 0 Å². The maximum atomic E-state index is 12.4. The number of amides is 1. The van der Waals surface area contributed by atoms with Crippen LogP contribution in [0.3, 0.4) is 0 Å². The maximum Gasteiger partial charge on any atom is 0.253 e. The molecule has 1 aliphatic heterocycles. The Labute approximate surface area is 120 Å². The largest absolute Gasteiger partial charge is 0.493 e. The molecule has 0 spiro atoms. The zero-order chi connectivity index (χ0) is 14.5. The normalized spacial score (nSPS) is 16.5.